The van der Waals surface area contributed by atoms with Gasteiger partial charge in [-0.1, -0.05) is 17.9 Å². The molecular weight excluding hydrogens is 336 g/mol. The van der Waals surface area contributed by atoms with Crippen molar-refractivity contribution in [3.05, 3.63) is 57.6 Å². The lowest BCUT2D eigenvalue weighted by Crippen LogP contribution is -2.01. The lowest BCUT2D eigenvalue weighted by Gasteiger charge is -2.14. The normalized spacial score (nSPS) is 12.1. The average Bonchev–Trinajstić information content (AvgIpc) is 2.62. The van der Waals surface area contributed by atoms with Gasteiger partial charge in [0.15, 0.2) is 11.5 Å². The number of nitrogens with zero attached hydrogens (tertiary/aromatic N) is 2. The van der Waals surface area contributed by atoms with Crippen LogP contribution in [-0.4, -0.2) is 24.4 Å². The van der Waals surface area contributed by atoms with Gasteiger partial charge in [-0.3, -0.25) is 15.1 Å². The summed E-state index contributed by atoms with van der Waals surface area (Å²) in [5.41, 5.74) is 0.923. The van der Waals surface area contributed by atoms with Crippen molar-refractivity contribution in [2.45, 2.75) is 26.8 Å². The van der Waals surface area contributed by atoms with Gasteiger partial charge in [-0.15, -0.1) is 0 Å². The smallest absolute Gasteiger partial charge is 0.270 e. The van der Waals surface area contributed by atoms with Crippen molar-refractivity contribution in [3.63, 3.8) is 0 Å². The number of nitro groups is 1. The van der Waals surface area contributed by atoms with Gasteiger partial charge in [0.1, 0.15) is 0 Å². The summed E-state index contributed by atoms with van der Waals surface area (Å²) in [4.78, 5) is 14.7. The summed E-state index contributed by atoms with van der Waals surface area (Å²) in [6.07, 6.45) is 1.37. The maximum Gasteiger partial charge on any atom is 0.270 e. The second-order valence-corrected chi connectivity index (χ2v) is 5.51. The summed E-state index contributed by atoms with van der Waals surface area (Å²) >= 11 is 0. The number of benzene rings is 2. The van der Waals surface area contributed by atoms with Gasteiger partial charge in [-0.25, -0.2) is 0 Å². The second-order valence-electron chi connectivity index (χ2n) is 5.51. The minimum atomic E-state index is -0.541. The molecule has 7 heteroatoms. The first kappa shape index (κ1) is 19.2. The van der Waals surface area contributed by atoms with Gasteiger partial charge in [0.05, 0.1) is 24.2 Å². The standard InChI is InChI=1S/C19H22N2O5/c1-4-25-18-9-6-14(11-19(18)26-5-2)13(3)20-12-15-10-16(21(23)24)7-8-17(15)22/h6-13,22H,4-5H2,1-3H3/p-1/t13-/m1/s1. The van der Waals surface area contributed by atoms with Crippen LogP contribution in [0.2, 0.25) is 0 Å². The van der Waals surface area contributed by atoms with Crippen LogP contribution in [0, 0.1) is 10.1 Å². The van der Waals surface area contributed by atoms with Crippen molar-refractivity contribution in [2.75, 3.05) is 13.2 Å². The molecule has 0 fully saturated rings. The van der Waals surface area contributed by atoms with Gasteiger partial charge in [-0.2, -0.15) is 0 Å². The zero-order valence-corrected chi connectivity index (χ0v) is 15.0. The second kappa shape index (κ2) is 8.84. The molecule has 2 rings (SSSR count). The van der Waals surface area contributed by atoms with E-state index < -0.39 is 4.92 Å². The van der Waals surface area contributed by atoms with Crippen molar-refractivity contribution in [2.24, 2.45) is 4.99 Å². The molecule has 26 heavy (non-hydrogen) atoms. The lowest BCUT2D eigenvalue weighted by molar-refractivity contribution is -0.385. The minimum absolute atomic E-state index is 0.140. The van der Waals surface area contributed by atoms with E-state index in [1.807, 2.05) is 39.0 Å². The summed E-state index contributed by atoms with van der Waals surface area (Å²) in [5, 5.41) is 22.7. The SMILES string of the molecule is CCOc1ccc([C@@H](C)N=Cc2cc([N+](=O)[O-])ccc2[O-])cc1OCC. The Bertz CT molecular complexity index is 805. The Hall–Kier alpha value is -3.09. The largest absolute Gasteiger partial charge is 0.872 e. The Morgan fingerprint density at radius 1 is 1.12 bits per heavy atom. The molecule has 0 N–H and O–H groups in total. The molecule has 2 aromatic rings. The molecule has 0 bridgehead atoms. The van der Waals surface area contributed by atoms with Crippen molar-refractivity contribution >= 4 is 11.9 Å². The maximum atomic E-state index is 11.8. The molecule has 0 aromatic heterocycles. The van der Waals surface area contributed by atoms with Crippen LogP contribution < -0.4 is 14.6 Å². The van der Waals surface area contributed by atoms with Crippen molar-refractivity contribution in [1.82, 2.24) is 0 Å². The van der Waals surface area contributed by atoms with Gasteiger partial charge < -0.3 is 14.6 Å². The zero-order valence-electron chi connectivity index (χ0n) is 15.0. The van der Waals surface area contributed by atoms with Crippen LogP contribution in [0.4, 0.5) is 5.69 Å². The molecule has 2 aromatic carbocycles. The minimum Gasteiger partial charge on any atom is -0.872 e. The molecule has 0 spiro atoms. The van der Waals surface area contributed by atoms with Crippen LogP contribution in [0.5, 0.6) is 17.2 Å². The van der Waals surface area contributed by atoms with E-state index in [4.69, 9.17) is 9.47 Å². The van der Waals surface area contributed by atoms with E-state index in [2.05, 4.69) is 4.99 Å². The number of hydrogen-bond donors (Lipinski definition) is 0. The number of hydrogen-bond acceptors (Lipinski definition) is 6. The van der Waals surface area contributed by atoms with Crippen LogP contribution in [-0.2, 0) is 0 Å². The third-order valence-corrected chi connectivity index (χ3v) is 3.69. The van der Waals surface area contributed by atoms with E-state index in [-0.39, 0.29) is 23.0 Å². The summed E-state index contributed by atoms with van der Waals surface area (Å²) in [5.74, 6) is 0.983. The van der Waals surface area contributed by atoms with Crippen LogP contribution in [0.3, 0.4) is 0 Å². The van der Waals surface area contributed by atoms with Crippen molar-refractivity contribution in [3.8, 4) is 17.2 Å². The molecule has 0 aliphatic heterocycles. The summed E-state index contributed by atoms with van der Waals surface area (Å²) in [7, 11) is 0. The fourth-order valence-electron chi connectivity index (χ4n) is 2.36. The molecule has 0 aliphatic carbocycles. The Labute approximate surface area is 152 Å². The van der Waals surface area contributed by atoms with Gasteiger partial charge >= 0.3 is 0 Å². The molecular formula is C19H21N2O5-. The number of ether oxygens (including phenoxy) is 2. The predicted molar refractivity (Wildman–Crippen MR) is 97.3 cm³/mol. The highest BCUT2D eigenvalue weighted by Crippen LogP contribution is 2.32. The summed E-state index contributed by atoms with van der Waals surface area (Å²) in [6.45, 7) is 6.70. The van der Waals surface area contributed by atoms with E-state index >= 15 is 0 Å². The van der Waals surface area contributed by atoms with Crippen LogP contribution in [0.1, 0.15) is 37.9 Å². The topological polar surface area (TPSA) is 97.0 Å². The highest BCUT2D eigenvalue weighted by molar-refractivity contribution is 5.84. The van der Waals surface area contributed by atoms with Gasteiger partial charge in [0.2, 0.25) is 0 Å². The van der Waals surface area contributed by atoms with Crippen LogP contribution >= 0.6 is 0 Å². The monoisotopic (exact) mass is 357 g/mol. The molecule has 1 atom stereocenters. The first-order chi connectivity index (χ1) is 12.5. The van der Waals surface area contributed by atoms with Gasteiger partial charge in [-0.05, 0) is 44.0 Å². The summed E-state index contributed by atoms with van der Waals surface area (Å²) < 4.78 is 11.1. The molecule has 0 saturated carbocycles. The molecule has 0 heterocycles. The van der Waals surface area contributed by atoms with E-state index in [1.165, 1.54) is 24.4 Å². The molecule has 0 amide bonds. The highest BCUT2D eigenvalue weighted by Gasteiger charge is 2.10. The number of nitro benzene ring substituents is 1. The van der Waals surface area contributed by atoms with E-state index in [0.717, 1.165) is 5.56 Å². The van der Waals surface area contributed by atoms with Crippen molar-refractivity contribution in [1.29, 1.82) is 0 Å². The van der Waals surface area contributed by atoms with Gasteiger partial charge in [0, 0.05) is 18.3 Å². The fraction of sp³-hybridized carbons (Fsp3) is 0.316. The average molecular weight is 357 g/mol. The first-order valence-corrected chi connectivity index (χ1v) is 8.34. The maximum absolute atomic E-state index is 11.8. The Kier molecular flexibility index (Phi) is 6.54. The third kappa shape index (κ3) is 4.72. The number of rotatable bonds is 8. The zero-order chi connectivity index (χ0) is 19.1. The molecule has 0 saturated heterocycles. The van der Waals surface area contributed by atoms with Gasteiger partial charge in [0.25, 0.3) is 5.69 Å². The van der Waals surface area contributed by atoms with E-state index in [9.17, 15) is 15.2 Å². The molecule has 0 unspecified atom stereocenters. The van der Waals surface area contributed by atoms with Crippen LogP contribution in [0.15, 0.2) is 41.4 Å². The van der Waals surface area contributed by atoms with E-state index in [1.54, 1.807) is 0 Å². The molecule has 138 valence electrons. The first-order valence-electron chi connectivity index (χ1n) is 8.34. The molecule has 0 aliphatic rings. The fourth-order valence-corrected chi connectivity index (χ4v) is 2.36. The lowest BCUT2D eigenvalue weighted by atomic mass is 10.1. The third-order valence-electron chi connectivity index (χ3n) is 3.69. The number of non-ortho nitro benzene ring substituents is 1. The van der Waals surface area contributed by atoms with E-state index in [0.29, 0.717) is 24.7 Å². The van der Waals surface area contributed by atoms with Crippen LogP contribution in [0.25, 0.3) is 0 Å². The summed E-state index contributed by atoms with van der Waals surface area (Å²) in [6, 6.07) is 8.87. The Morgan fingerprint density at radius 2 is 1.81 bits per heavy atom. The Balaban J connectivity index is 2.25. The van der Waals surface area contributed by atoms with Crippen molar-refractivity contribution < 1.29 is 19.5 Å². The predicted octanol–water partition coefficient (Wildman–Crippen LogP) is 3.65. The highest BCUT2D eigenvalue weighted by atomic mass is 16.6. The number of aliphatic imine (C=N–C) groups is 1. The quantitative estimate of drug-likeness (QED) is 0.408. The molecule has 7 nitrogen and oxygen atoms in total. The Morgan fingerprint density at radius 3 is 2.46 bits per heavy atom. The molecule has 0 radical (unpaired) electrons.